The third-order valence-corrected chi connectivity index (χ3v) is 3.85. The van der Waals surface area contributed by atoms with E-state index in [-0.39, 0.29) is 29.1 Å². The first-order chi connectivity index (χ1) is 9.15. The maximum Gasteiger partial charge on any atom is 0.175 e. The van der Waals surface area contributed by atoms with Crippen molar-refractivity contribution in [2.24, 2.45) is 11.7 Å². The summed E-state index contributed by atoms with van der Waals surface area (Å²) in [5, 5.41) is 0. The van der Waals surface area contributed by atoms with Gasteiger partial charge in [0.1, 0.15) is 0 Å². The van der Waals surface area contributed by atoms with Crippen LogP contribution in [-0.4, -0.2) is 18.9 Å². The van der Waals surface area contributed by atoms with Crippen LogP contribution in [0.4, 0.5) is 4.39 Å². The zero-order chi connectivity index (χ0) is 13.8. The molecule has 1 saturated carbocycles. The van der Waals surface area contributed by atoms with Gasteiger partial charge in [0, 0.05) is 12.0 Å². The molecule has 0 amide bonds. The molecule has 3 nitrogen and oxygen atoms in total. The Hall–Kier alpha value is -1.42. The summed E-state index contributed by atoms with van der Waals surface area (Å²) in [5.41, 5.74) is 6.16. The molecular formula is C15H20FNO2. The van der Waals surface area contributed by atoms with Gasteiger partial charge in [-0.1, -0.05) is 25.3 Å². The van der Waals surface area contributed by atoms with Gasteiger partial charge in [-0.25, -0.2) is 4.39 Å². The van der Waals surface area contributed by atoms with Gasteiger partial charge in [-0.3, -0.25) is 4.79 Å². The topological polar surface area (TPSA) is 52.3 Å². The van der Waals surface area contributed by atoms with Crippen LogP contribution in [-0.2, 0) is 0 Å². The van der Waals surface area contributed by atoms with E-state index in [1.165, 1.54) is 19.2 Å². The van der Waals surface area contributed by atoms with E-state index in [4.69, 9.17) is 10.5 Å². The number of carbonyl (C=O) groups excluding carboxylic acids is 1. The van der Waals surface area contributed by atoms with E-state index in [9.17, 15) is 9.18 Å². The van der Waals surface area contributed by atoms with E-state index in [1.54, 1.807) is 6.07 Å². The second kappa shape index (κ2) is 6.15. The Labute approximate surface area is 112 Å². The van der Waals surface area contributed by atoms with Gasteiger partial charge >= 0.3 is 0 Å². The zero-order valence-corrected chi connectivity index (χ0v) is 11.2. The molecule has 2 unspecified atom stereocenters. The molecule has 1 aliphatic carbocycles. The van der Waals surface area contributed by atoms with Crippen molar-refractivity contribution in [3.8, 4) is 5.75 Å². The number of methoxy groups -OCH3 is 1. The van der Waals surface area contributed by atoms with Gasteiger partial charge in [-0.05, 0) is 25.0 Å². The number of hydrogen-bond donors (Lipinski definition) is 1. The number of ketones is 1. The quantitative estimate of drug-likeness (QED) is 0.675. The van der Waals surface area contributed by atoms with Crippen molar-refractivity contribution in [1.29, 1.82) is 0 Å². The number of carbonyl (C=O) groups is 1. The summed E-state index contributed by atoms with van der Waals surface area (Å²) in [7, 11) is 1.39. The summed E-state index contributed by atoms with van der Waals surface area (Å²) < 4.78 is 19.0. The highest BCUT2D eigenvalue weighted by Crippen LogP contribution is 2.28. The molecule has 2 rings (SSSR count). The minimum absolute atomic E-state index is 0.0988. The number of rotatable bonds is 3. The smallest absolute Gasteiger partial charge is 0.175 e. The molecule has 0 aromatic heterocycles. The third kappa shape index (κ3) is 2.95. The number of Topliss-reactive ketones (excluding diaryl/α,β-unsaturated/α-hetero) is 1. The van der Waals surface area contributed by atoms with Crippen molar-refractivity contribution in [3.63, 3.8) is 0 Å². The SMILES string of the molecule is COc1cccc(C(=O)C2CCCCCC2N)c1F. The van der Waals surface area contributed by atoms with Crippen LogP contribution in [0.1, 0.15) is 42.5 Å². The molecule has 1 aromatic carbocycles. The number of benzene rings is 1. The van der Waals surface area contributed by atoms with Crippen LogP contribution in [0, 0.1) is 11.7 Å². The Balaban J connectivity index is 2.27. The molecule has 104 valence electrons. The highest BCUT2D eigenvalue weighted by atomic mass is 19.1. The fourth-order valence-corrected chi connectivity index (χ4v) is 2.72. The standard InChI is InChI=1S/C15H20FNO2/c1-19-13-9-5-7-11(14(13)16)15(18)10-6-3-2-4-8-12(10)17/h5,7,9-10,12H,2-4,6,8,17H2,1H3. The van der Waals surface area contributed by atoms with Crippen LogP contribution >= 0.6 is 0 Å². The fourth-order valence-electron chi connectivity index (χ4n) is 2.72. The van der Waals surface area contributed by atoms with Gasteiger partial charge in [0.05, 0.1) is 12.7 Å². The first-order valence-electron chi connectivity index (χ1n) is 6.77. The molecule has 0 heterocycles. The lowest BCUT2D eigenvalue weighted by molar-refractivity contribution is 0.0889. The van der Waals surface area contributed by atoms with E-state index in [0.29, 0.717) is 0 Å². The van der Waals surface area contributed by atoms with Crippen molar-refractivity contribution in [2.75, 3.05) is 7.11 Å². The molecule has 2 N–H and O–H groups in total. The first-order valence-corrected chi connectivity index (χ1v) is 6.77. The average Bonchev–Trinajstić information content (AvgIpc) is 2.63. The molecular weight excluding hydrogens is 245 g/mol. The lowest BCUT2D eigenvalue weighted by atomic mass is 9.87. The predicted molar refractivity (Wildman–Crippen MR) is 71.8 cm³/mol. The average molecular weight is 265 g/mol. The minimum Gasteiger partial charge on any atom is -0.494 e. The maximum absolute atomic E-state index is 14.1. The van der Waals surface area contributed by atoms with Crippen molar-refractivity contribution in [1.82, 2.24) is 0 Å². The number of nitrogens with two attached hydrogens (primary N) is 1. The highest BCUT2D eigenvalue weighted by Gasteiger charge is 2.30. The number of halogens is 1. The molecule has 0 bridgehead atoms. The second-order valence-corrected chi connectivity index (χ2v) is 5.09. The van der Waals surface area contributed by atoms with Gasteiger partial charge < -0.3 is 10.5 Å². The lowest BCUT2D eigenvalue weighted by Crippen LogP contribution is -2.35. The monoisotopic (exact) mass is 265 g/mol. The maximum atomic E-state index is 14.1. The Kier molecular flexibility index (Phi) is 4.53. The predicted octanol–water partition coefficient (Wildman–Crippen LogP) is 2.92. The molecule has 4 heteroatoms. The van der Waals surface area contributed by atoms with Gasteiger partial charge in [-0.2, -0.15) is 0 Å². The number of hydrogen-bond acceptors (Lipinski definition) is 3. The van der Waals surface area contributed by atoms with Crippen LogP contribution in [0.2, 0.25) is 0 Å². The van der Waals surface area contributed by atoms with E-state index in [1.807, 2.05) is 0 Å². The molecule has 2 atom stereocenters. The molecule has 0 radical (unpaired) electrons. The van der Waals surface area contributed by atoms with E-state index in [2.05, 4.69) is 0 Å². The largest absolute Gasteiger partial charge is 0.494 e. The van der Waals surface area contributed by atoms with Gasteiger partial charge in [0.2, 0.25) is 0 Å². The van der Waals surface area contributed by atoms with Crippen molar-refractivity contribution >= 4 is 5.78 Å². The van der Waals surface area contributed by atoms with Crippen molar-refractivity contribution in [2.45, 2.75) is 38.1 Å². The summed E-state index contributed by atoms with van der Waals surface area (Å²) in [6.07, 6.45) is 4.71. The first kappa shape index (κ1) is 14.0. The van der Waals surface area contributed by atoms with Crippen LogP contribution in [0.5, 0.6) is 5.75 Å². The van der Waals surface area contributed by atoms with E-state index in [0.717, 1.165) is 32.1 Å². The highest BCUT2D eigenvalue weighted by molar-refractivity contribution is 5.99. The minimum atomic E-state index is -0.577. The fraction of sp³-hybridized carbons (Fsp3) is 0.533. The van der Waals surface area contributed by atoms with Crippen LogP contribution < -0.4 is 10.5 Å². The number of ether oxygens (including phenoxy) is 1. The van der Waals surface area contributed by atoms with Crippen molar-refractivity contribution in [3.05, 3.63) is 29.6 Å². The summed E-state index contributed by atoms with van der Waals surface area (Å²) in [6, 6.07) is 4.49. The Morgan fingerprint density at radius 3 is 2.79 bits per heavy atom. The van der Waals surface area contributed by atoms with E-state index < -0.39 is 5.82 Å². The molecule has 1 fully saturated rings. The summed E-state index contributed by atoms with van der Waals surface area (Å²) in [4.78, 5) is 12.5. The Morgan fingerprint density at radius 2 is 2.05 bits per heavy atom. The third-order valence-electron chi connectivity index (χ3n) is 3.85. The van der Waals surface area contributed by atoms with E-state index >= 15 is 0 Å². The normalized spacial score (nSPS) is 23.7. The van der Waals surface area contributed by atoms with Crippen LogP contribution in [0.25, 0.3) is 0 Å². The zero-order valence-electron chi connectivity index (χ0n) is 11.2. The Morgan fingerprint density at radius 1 is 1.32 bits per heavy atom. The molecule has 1 aromatic rings. The van der Waals surface area contributed by atoms with Crippen LogP contribution in [0.15, 0.2) is 18.2 Å². The molecule has 0 saturated heterocycles. The summed E-state index contributed by atoms with van der Waals surface area (Å²) in [5.74, 6) is -0.936. The van der Waals surface area contributed by atoms with Crippen LogP contribution in [0.3, 0.4) is 0 Å². The molecule has 0 spiro atoms. The van der Waals surface area contributed by atoms with Gasteiger partial charge in [0.15, 0.2) is 17.3 Å². The molecule has 19 heavy (non-hydrogen) atoms. The summed E-state index contributed by atoms with van der Waals surface area (Å²) >= 11 is 0. The lowest BCUT2D eigenvalue weighted by Gasteiger charge is -2.20. The molecule has 1 aliphatic rings. The van der Waals surface area contributed by atoms with Gasteiger partial charge in [-0.15, -0.1) is 0 Å². The van der Waals surface area contributed by atoms with Gasteiger partial charge in [0.25, 0.3) is 0 Å². The Bertz CT molecular complexity index is 461. The molecule has 0 aliphatic heterocycles. The second-order valence-electron chi connectivity index (χ2n) is 5.09. The summed E-state index contributed by atoms with van der Waals surface area (Å²) in [6.45, 7) is 0. The van der Waals surface area contributed by atoms with Crippen molar-refractivity contribution < 1.29 is 13.9 Å².